The summed E-state index contributed by atoms with van der Waals surface area (Å²) in [5, 5.41) is 10.2. The summed E-state index contributed by atoms with van der Waals surface area (Å²) in [6.45, 7) is 0. The normalized spacial score (nSPS) is 13.8. The molecular weight excluding hydrogens is 725 g/mol. The molecule has 0 saturated carbocycles. The van der Waals surface area contributed by atoms with E-state index in [1.165, 1.54) is 103 Å². The minimum absolute atomic E-state index is 1.12. The van der Waals surface area contributed by atoms with Crippen molar-refractivity contribution in [2.24, 2.45) is 0 Å². The van der Waals surface area contributed by atoms with Gasteiger partial charge in [-0.3, -0.25) is 0 Å². The topological polar surface area (TPSA) is 6.48 Å². The van der Waals surface area contributed by atoms with E-state index in [9.17, 15) is 0 Å². The molecule has 0 N–H and O–H groups in total. The first-order valence-electron chi connectivity index (χ1n) is 21.9. The first-order valence-corrected chi connectivity index (χ1v) is 21.9. The van der Waals surface area contributed by atoms with Gasteiger partial charge in [0.15, 0.2) is 0 Å². The van der Waals surface area contributed by atoms with Crippen molar-refractivity contribution in [2.75, 3.05) is 9.80 Å². The molecule has 288 valence electrons. The Balaban J connectivity index is 1.06. The van der Waals surface area contributed by atoms with E-state index < -0.39 is 0 Å². The molecule has 0 unspecified atom stereocenters. The zero-order chi connectivity index (χ0) is 39.6. The van der Waals surface area contributed by atoms with E-state index in [1.54, 1.807) is 22.3 Å². The maximum Gasteiger partial charge on any atom is 0.0540 e. The van der Waals surface area contributed by atoms with Crippen LogP contribution in [0.25, 0.3) is 54.2 Å². The first-order chi connectivity index (χ1) is 29.8. The van der Waals surface area contributed by atoms with Crippen molar-refractivity contribution < 1.29 is 0 Å². The lowest BCUT2D eigenvalue weighted by Gasteiger charge is -2.37. The van der Waals surface area contributed by atoms with Crippen molar-refractivity contribution in [3.8, 4) is 11.1 Å². The van der Waals surface area contributed by atoms with Gasteiger partial charge >= 0.3 is 0 Å². The Labute approximate surface area is 352 Å². The Kier molecular flexibility index (Phi) is 8.44. The highest BCUT2D eigenvalue weighted by molar-refractivity contribution is 6.25. The van der Waals surface area contributed by atoms with Crippen LogP contribution < -0.4 is 9.80 Å². The molecule has 2 heteroatoms. The highest BCUT2D eigenvalue weighted by atomic mass is 15.2. The highest BCUT2D eigenvalue weighted by Crippen LogP contribution is 2.51. The summed E-state index contributed by atoms with van der Waals surface area (Å²) in [5.41, 5.74) is 16.7. The molecule has 0 aliphatic heterocycles. The van der Waals surface area contributed by atoms with E-state index in [4.69, 9.17) is 0 Å². The summed E-state index contributed by atoms with van der Waals surface area (Å²) in [6, 6.07) is 67.8. The quantitative estimate of drug-likeness (QED) is 0.149. The van der Waals surface area contributed by atoms with Crippen LogP contribution in [0.3, 0.4) is 0 Å². The van der Waals surface area contributed by atoms with Crippen LogP contribution in [0.5, 0.6) is 0 Å². The van der Waals surface area contributed by atoms with Crippen LogP contribution in [0.15, 0.2) is 182 Å². The van der Waals surface area contributed by atoms with Crippen LogP contribution in [-0.4, -0.2) is 0 Å². The Hall–Kier alpha value is -6.90. The molecule has 0 spiro atoms. The number of anilines is 6. The fourth-order valence-corrected chi connectivity index (χ4v) is 10.9. The lowest BCUT2D eigenvalue weighted by Crippen LogP contribution is -2.21. The molecule has 0 aromatic heterocycles. The molecule has 0 saturated heterocycles. The number of fused-ring (bicyclic) bond motifs is 3. The van der Waals surface area contributed by atoms with Gasteiger partial charge in [0.1, 0.15) is 0 Å². The van der Waals surface area contributed by atoms with Crippen molar-refractivity contribution in [1.82, 2.24) is 0 Å². The summed E-state index contributed by atoms with van der Waals surface area (Å²) >= 11 is 0. The van der Waals surface area contributed by atoms with Gasteiger partial charge < -0.3 is 9.80 Å². The second-order valence-corrected chi connectivity index (χ2v) is 16.9. The zero-order valence-corrected chi connectivity index (χ0v) is 33.9. The average Bonchev–Trinajstić information content (AvgIpc) is 3.31. The van der Waals surface area contributed by atoms with Gasteiger partial charge in [-0.05, 0) is 177 Å². The predicted octanol–water partition coefficient (Wildman–Crippen LogP) is 16.1. The minimum atomic E-state index is 1.12. The van der Waals surface area contributed by atoms with Gasteiger partial charge in [0.2, 0.25) is 0 Å². The molecule has 2 aliphatic carbocycles. The molecule has 0 heterocycles. The number of para-hydroxylation sites is 2. The van der Waals surface area contributed by atoms with Gasteiger partial charge in [-0.2, -0.15) is 0 Å². The Morgan fingerprint density at radius 2 is 0.750 bits per heavy atom. The summed E-state index contributed by atoms with van der Waals surface area (Å²) in [6.07, 6.45) is 9.51. The van der Waals surface area contributed by atoms with Crippen molar-refractivity contribution in [1.29, 1.82) is 0 Å². The lowest BCUT2D eigenvalue weighted by molar-refractivity contribution is 0.661. The molecule has 0 fully saturated rings. The predicted molar refractivity (Wildman–Crippen MR) is 256 cm³/mol. The maximum absolute atomic E-state index is 2.65. The molecule has 10 aromatic rings. The van der Waals surface area contributed by atoms with E-state index in [0.29, 0.717) is 0 Å². The van der Waals surface area contributed by atoms with Crippen molar-refractivity contribution in [3.05, 3.63) is 204 Å². The average molecular weight is 771 g/mol. The third-order valence-corrected chi connectivity index (χ3v) is 13.5. The summed E-state index contributed by atoms with van der Waals surface area (Å²) in [7, 11) is 0. The monoisotopic (exact) mass is 770 g/mol. The van der Waals surface area contributed by atoms with Crippen LogP contribution >= 0.6 is 0 Å². The Morgan fingerprint density at radius 3 is 1.30 bits per heavy atom. The van der Waals surface area contributed by atoms with Gasteiger partial charge in [-0.25, -0.2) is 0 Å². The van der Waals surface area contributed by atoms with Crippen molar-refractivity contribution in [2.45, 2.75) is 51.4 Å². The summed E-state index contributed by atoms with van der Waals surface area (Å²) in [4.78, 5) is 5.08. The standard InChI is InChI=1S/C58H46N2/c1-4-18-40(19-5-1)57-50-26-12-14-28-52(50)58(53-29-15-13-27-51(53)57)60(46-23-8-3-9-24-46)48-37-43-33-31-41-35-47(36-42-32-34-44(38-48)56(43)55(41)42)59(45-21-6-2-7-22-45)54-30-16-20-39-17-10-11-25-49(39)54/h1-11,16-25,30-38H,12-15,26-29H2. The summed E-state index contributed by atoms with van der Waals surface area (Å²) in [5.74, 6) is 0. The lowest BCUT2D eigenvalue weighted by atomic mass is 9.75. The fraction of sp³-hybridized carbons (Fsp3) is 0.138. The molecular formula is C58H46N2. The molecule has 60 heavy (non-hydrogen) atoms. The van der Waals surface area contributed by atoms with Crippen molar-refractivity contribution in [3.63, 3.8) is 0 Å². The smallest absolute Gasteiger partial charge is 0.0540 e. The number of hydrogen-bond donors (Lipinski definition) is 0. The Morgan fingerprint density at radius 1 is 0.317 bits per heavy atom. The second-order valence-electron chi connectivity index (χ2n) is 16.9. The second kappa shape index (κ2) is 14.4. The van der Waals surface area contributed by atoms with Gasteiger partial charge in [-0.1, -0.05) is 127 Å². The van der Waals surface area contributed by atoms with Crippen LogP contribution in [0.1, 0.15) is 47.9 Å². The van der Waals surface area contributed by atoms with E-state index in [2.05, 4.69) is 192 Å². The van der Waals surface area contributed by atoms with Gasteiger partial charge in [-0.15, -0.1) is 0 Å². The highest BCUT2D eigenvalue weighted by Gasteiger charge is 2.31. The third-order valence-electron chi connectivity index (χ3n) is 13.5. The van der Waals surface area contributed by atoms with Crippen LogP contribution in [-0.2, 0) is 25.7 Å². The maximum atomic E-state index is 2.65. The van der Waals surface area contributed by atoms with Gasteiger partial charge in [0.25, 0.3) is 0 Å². The van der Waals surface area contributed by atoms with Crippen LogP contribution in [0.2, 0.25) is 0 Å². The molecule has 0 bridgehead atoms. The molecule has 0 radical (unpaired) electrons. The SMILES string of the molecule is c1ccc(-c2c3c(c(N(c4ccccc4)c4cc5ccc6cc(N(c7ccccc7)c7cccc8ccccc78)cc7ccc(c4)c5c67)c4c2CCCC4)CCCC3)cc1. The number of benzene rings is 10. The fourth-order valence-electron chi connectivity index (χ4n) is 10.9. The van der Waals surface area contributed by atoms with Crippen molar-refractivity contribution >= 4 is 77.2 Å². The van der Waals surface area contributed by atoms with E-state index in [0.717, 1.165) is 37.1 Å². The molecule has 2 nitrogen and oxygen atoms in total. The van der Waals surface area contributed by atoms with E-state index in [-0.39, 0.29) is 0 Å². The number of nitrogens with zero attached hydrogens (tertiary/aromatic N) is 2. The molecule has 2 aliphatic rings. The van der Waals surface area contributed by atoms with Crippen LogP contribution in [0.4, 0.5) is 34.1 Å². The molecule has 0 atom stereocenters. The van der Waals surface area contributed by atoms with Crippen LogP contribution in [0, 0.1) is 0 Å². The number of rotatable bonds is 7. The molecule has 10 aromatic carbocycles. The molecule has 0 amide bonds. The number of hydrogen-bond acceptors (Lipinski definition) is 2. The van der Waals surface area contributed by atoms with Gasteiger partial charge in [0.05, 0.1) is 11.4 Å². The van der Waals surface area contributed by atoms with E-state index >= 15 is 0 Å². The summed E-state index contributed by atoms with van der Waals surface area (Å²) < 4.78 is 0. The first kappa shape index (κ1) is 35.1. The Bertz CT molecular complexity index is 3100. The minimum Gasteiger partial charge on any atom is -0.310 e. The third kappa shape index (κ3) is 5.69. The van der Waals surface area contributed by atoms with Gasteiger partial charge in [0, 0.05) is 28.1 Å². The molecule has 12 rings (SSSR count). The van der Waals surface area contributed by atoms with E-state index in [1.807, 2.05) is 0 Å². The zero-order valence-electron chi connectivity index (χ0n) is 33.9. The largest absolute Gasteiger partial charge is 0.310 e.